The highest BCUT2D eigenvalue weighted by molar-refractivity contribution is 7.89. The van der Waals surface area contributed by atoms with Crippen molar-refractivity contribution >= 4 is 69.3 Å². The van der Waals surface area contributed by atoms with Crippen LogP contribution in [0.25, 0.3) is 0 Å². The molecule has 3 aliphatic heterocycles. The molecule has 21 heteroatoms. The first-order valence-corrected chi connectivity index (χ1v) is 32.4. The Balaban J connectivity index is 0.000000519. The summed E-state index contributed by atoms with van der Waals surface area (Å²) in [4.78, 5) is 53.2. The van der Waals surface area contributed by atoms with Gasteiger partial charge in [-0.2, -0.15) is 8.61 Å². The molecule has 0 radical (unpaired) electrons. The summed E-state index contributed by atoms with van der Waals surface area (Å²) in [6.45, 7) is 37.4. The van der Waals surface area contributed by atoms with Gasteiger partial charge in [-0.1, -0.05) is 98.2 Å². The van der Waals surface area contributed by atoms with Crippen LogP contribution in [0.3, 0.4) is 0 Å². The number of amides is 4. The van der Waals surface area contributed by atoms with Crippen LogP contribution in [-0.4, -0.2) is 122 Å². The molecule has 5 fully saturated rings. The van der Waals surface area contributed by atoms with Crippen LogP contribution < -0.4 is 21.3 Å². The molecule has 3 saturated heterocycles. The Bertz CT molecular complexity index is 2820. The van der Waals surface area contributed by atoms with Crippen LogP contribution in [0.5, 0.6) is 0 Å². The quantitative estimate of drug-likeness (QED) is 0.0609. The Hall–Kier alpha value is -3.72. The van der Waals surface area contributed by atoms with Crippen LogP contribution in [0.15, 0.2) is 71.0 Å². The maximum absolute atomic E-state index is 14.1. The van der Waals surface area contributed by atoms with Crippen molar-refractivity contribution in [3.63, 3.8) is 0 Å². The van der Waals surface area contributed by atoms with Crippen LogP contribution in [0.4, 0.5) is 0 Å². The molecule has 4 amide bonds. The van der Waals surface area contributed by atoms with E-state index < -0.39 is 64.2 Å². The number of nitrogens with one attached hydrogen (secondary N) is 4. The van der Waals surface area contributed by atoms with E-state index >= 15 is 0 Å². The molecule has 82 heavy (non-hydrogen) atoms. The summed E-state index contributed by atoms with van der Waals surface area (Å²) in [6, 6.07) is 13.8. The van der Waals surface area contributed by atoms with Gasteiger partial charge in [-0.25, -0.2) is 16.8 Å². The molecule has 6 unspecified atom stereocenters. The molecule has 0 spiro atoms. The number of aryl methyl sites for hydroxylation is 2. The van der Waals surface area contributed by atoms with Gasteiger partial charge < -0.3 is 30.6 Å². The fraction of sp³-hybridized carbons (Fsp3) is 0.672. The normalized spacial score (nSPS) is 28.0. The van der Waals surface area contributed by atoms with E-state index in [9.17, 15) is 36.0 Å². The second kappa shape index (κ2) is 27.8. The summed E-state index contributed by atoms with van der Waals surface area (Å²) < 4.78 is 69.8. The molecule has 4 N–H and O–H groups in total. The smallest absolute Gasteiger partial charge is 0.403 e. The first-order chi connectivity index (χ1) is 36.7. The number of allylic oxidation sites excluding steroid dienone is 1. The molecule has 462 valence electrons. The Labute approximate surface area is 500 Å². The van der Waals surface area contributed by atoms with Gasteiger partial charge >= 0.3 is 7.12 Å². The SMILES string of the molecule is C.C.C#CP.C=CCC1[C@@H]2CN(S(=O)(=O)c3ccc(C)cc3)C[C@]2(C)CC1(NC(C)=O)C(=O)NC(C)(C)C.CC(=O)NC1(C(=O)NC(C)(C)C)C[C@@]2(C)CN(S(=O)(=O)c3ccc(C)cc3)C[C@H]2C1CCCB1OC(C)(C)C(C)(C)O1.CP. The molecule has 2 saturated carbocycles. The number of benzene rings is 2. The molecule has 5 aliphatic rings. The zero-order chi connectivity index (χ0) is 61.0. The molecular weight excluding hydrogens is 1110 g/mol. The lowest BCUT2D eigenvalue weighted by molar-refractivity contribution is -0.136. The Morgan fingerprint density at radius 3 is 1.34 bits per heavy atom. The minimum Gasteiger partial charge on any atom is -0.403 e. The van der Waals surface area contributed by atoms with Crippen molar-refractivity contribution in [1.82, 2.24) is 29.9 Å². The summed E-state index contributed by atoms with van der Waals surface area (Å²) in [5.41, 5.74) is -0.954. The minimum atomic E-state index is -3.72. The molecule has 2 aliphatic carbocycles. The van der Waals surface area contributed by atoms with Gasteiger partial charge in [0.25, 0.3) is 0 Å². The number of hydrogen-bond donors (Lipinski definition) is 4. The highest BCUT2D eigenvalue weighted by Gasteiger charge is 2.68. The number of carbonyl (C=O) groups excluding carboxylic acids is 4. The lowest BCUT2D eigenvalue weighted by atomic mass is 9.74. The Kier molecular flexibility index (Phi) is 25.2. The maximum Gasteiger partial charge on any atom is 0.457 e. The molecule has 0 bridgehead atoms. The summed E-state index contributed by atoms with van der Waals surface area (Å²) in [6.07, 6.45) is 9.48. The van der Waals surface area contributed by atoms with Gasteiger partial charge in [0.1, 0.15) is 11.1 Å². The van der Waals surface area contributed by atoms with Crippen LogP contribution >= 0.6 is 18.5 Å². The topological polar surface area (TPSA) is 210 Å². The van der Waals surface area contributed by atoms with E-state index in [-0.39, 0.29) is 92.2 Å². The van der Waals surface area contributed by atoms with Gasteiger partial charge in [-0.15, -0.1) is 22.2 Å². The van der Waals surface area contributed by atoms with Crippen molar-refractivity contribution < 1.29 is 45.3 Å². The third-order valence-electron chi connectivity index (χ3n) is 16.8. The zero-order valence-corrected chi connectivity index (χ0v) is 54.8. The van der Waals surface area contributed by atoms with E-state index in [4.69, 9.17) is 9.31 Å². The van der Waals surface area contributed by atoms with Gasteiger partial charge in [-0.3, -0.25) is 19.2 Å². The fourth-order valence-corrected chi connectivity index (χ4v) is 16.2. The van der Waals surface area contributed by atoms with Crippen molar-refractivity contribution in [2.45, 2.75) is 207 Å². The predicted molar refractivity (Wildman–Crippen MR) is 341 cm³/mol. The van der Waals surface area contributed by atoms with Crippen molar-refractivity contribution in [2.24, 2.45) is 34.5 Å². The van der Waals surface area contributed by atoms with Gasteiger partial charge in [-0.05, 0) is 174 Å². The van der Waals surface area contributed by atoms with Crippen LogP contribution in [0.1, 0.15) is 155 Å². The number of terminal acetylenes is 1. The first-order valence-electron chi connectivity index (χ1n) is 27.7. The summed E-state index contributed by atoms with van der Waals surface area (Å²) >= 11 is 0. The number of carbonyl (C=O) groups is 4. The fourth-order valence-electron chi connectivity index (χ4n) is 13.0. The van der Waals surface area contributed by atoms with E-state index in [1.54, 1.807) is 46.8 Å². The maximum atomic E-state index is 14.1. The van der Waals surface area contributed by atoms with Crippen molar-refractivity contribution in [3.8, 4) is 12.1 Å². The van der Waals surface area contributed by atoms with Gasteiger partial charge in [0.05, 0.1) is 21.0 Å². The number of fused-ring (bicyclic) bond motifs is 2. The molecule has 16 nitrogen and oxygen atoms in total. The lowest BCUT2D eigenvalue weighted by Crippen LogP contribution is -2.64. The Morgan fingerprint density at radius 2 is 1.02 bits per heavy atom. The average molecular weight is 1220 g/mol. The van der Waals surface area contributed by atoms with Crippen LogP contribution in [0, 0.1) is 60.4 Å². The molecule has 3 heterocycles. The predicted octanol–water partition coefficient (Wildman–Crippen LogP) is 9.53. The van der Waals surface area contributed by atoms with E-state index in [2.05, 4.69) is 65.3 Å². The van der Waals surface area contributed by atoms with Crippen LogP contribution in [0.2, 0.25) is 6.32 Å². The number of sulfonamides is 2. The van der Waals surface area contributed by atoms with E-state index in [1.165, 1.54) is 18.2 Å². The van der Waals surface area contributed by atoms with E-state index in [0.29, 0.717) is 51.5 Å². The zero-order valence-electron chi connectivity index (χ0n) is 50.9. The number of rotatable bonds is 14. The molecule has 2 aromatic rings. The summed E-state index contributed by atoms with van der Waals surface area (Å²) in [5.74, 6) is -1.78. The molecule has 10 atom stereocenters. The van der Waals surface area contributed by atoms with Gasteiger partial charge in [0, 0.05) is 51.1 Å². The van der Waals surface area contributed by atoms with Crippen molar-refractivity contribution in [2.75, 3.05) is 32.8 Å². The van der Waals surface area contributed by atoms with E-state index in [0.717, 1.165) is 11.1 Å². The molecule has 2 aromatic carbocycles. The van der Waals surface area contributed by atoms with Gasteiger partial charge in [0.2, 0.25) is 43.7 Å². The summed E-state index contributed by atoms with van der Waals surface area (Å²) in [7, 11) is -3.24. The Morgan fingerprint density at radius 1 is 0.695 bits per heavy atom. The van der Waals surface area contributed by atoms with Crippen molar-refractivity contribution in [3.05, 3.63) is 72.3 Å². The lowest BCUT2D eigenvalue weighted by Gasteiger charge is -2.39. The second-order valence-corrected chi connectivity index (χ2v) is 30.5. The van der Waals surface area contributed by atoms with Crippen LogP contribution in [-0.2, 0) is 48.5 Å². The second-order valence-electron chi connectivity index (χ2n) is 26.3. The largest absolute Gasteiger partial charge is 0.457 e. The first kappa shape index (κ1) is 74.4. The third-order valence-corrected chi connectivity index (χ3v) is 20.5. The standard InChI is InChI=1S/C31H50BN3O6S.C25H37N3O4S.C2H3P.CH5P.2CH4/c1-21-13-15-23(16-14-21)42(38,39)35-18-25-24(12-11-17-32-40-28(6,7)29(8,9)41-32)31(33-22(2)36,19-30(25,10)20-35)26(37)34-27(3,4)5;1-8-9-20-21-14-28(33(31,32)19-12-10-17(2)11-13-19)16-24(21,7)15-25(20,26-18(3)29)22(30)27-23(4,5)6;1-2-3;1-2;;/h13-16,24-25H,11-12,17-20H2,1-10H3,(H,33,36)(H,34,37);8,10-13,20-21H,1,9,14-16H2,2-7H3,(H,26,29)(H,27,30);1H,3H2;2H2,1H3;2*1H4/t24?,25-,30-,31?;20?,21-,24-,25?;;;;/m00..../s1. The number of hydrogen-bond acceptors (Lipinski definition) is 10. The minimum absolute atomic E-state index is 0. The molecular formula is C61H103BN6O10P2S2. The third kappa shape index (κ3) is 16.4. The highest BCUT2D eigenvalue weighted by atomic mass is 32.2. The monoisotopic (exact) mass is 1220 g/mol. The van der Waals surface area contributed by atoms with E-state index in [1.807, 2.05) is 109 Å². The average Bonchev–Trinajstić information content (AvgIpc) is 4.03. The summed E-state index contributed by atoms with van der Waals surface area (Å²) in [5, 5.41) is 12.3. The molecule has 7 rings (SSSR count). The highest BCUT2D eigenvalue weighted by Crippen LogP contribution is 2.60. The van der Waals surface area contributed by atoms with Gasteiger partial charge in [0.15, 0.2) is 0 Å². The van der Waals surface area contributed by atoms with Crippen molar-refractivity contribution in [1.29, 1.82) is 0 Å². The number of nitrogens with zero attached hydrogens (tertiary/aromatic N) is 2. The molecule has 0 aromatic heterocycles.